The molecule has 7 heteroatoms. The summed E-state index contributed by atoms with van der Waals surface area (Å²) >= 11 is 6.09. The van der Waals surface area contributed by atoms with E-state index in [9.17, 15) is 9.59 Å². The van der Waals surface area contributed by atoms with Gasteiger partial charge in [-0.2, -0.15) is 0 Å². The third-order valence-electron chi connectivity index (χ3n) is 4.35. The van der Waals surface area contributed by atoms with Crippen LogP contribution in [0.5, 0.6) is 17.2 Å². The summed E-state index contributed by atoms with van der Waals surface area (Å²) in [6.07, 6.45) is 0. The van der Waals surface area contributed by atoms with Crippen LogP contribution in [0, 0.1) is 0 Å². The van der Waals surface area contributed by atoms with E-state index in [2.05, 4.69) is 5.32 Å². The molecule has 0 aliphatic rings. The molecule has 4 aromatic rings. The molecule has 1 N–H and O–H groups in total. The molecule has 6 nitrogen and oxygen atoms in total. The third kappa shape index (κ3) is 4.14. The minimum absolute atomic E-state index is 0.140. The second-order valence-corrected chi connectivity index (χ2v) is 6.80. The van der Waals surface area contributed by atoms with Crippen molar-refractivity contribution in [3.05, 3.63) is 93.8 Å². The van der Waals surface area contributed by atoms with Crippen molar-refractivity contribution in [2.45, 2.75) is 0 Å². The zero-order valence-corrected chi connectivity index (χ0v) is 16.6. The lowest BCUT2D eigenvalue weighted by Crippen LogP contribution is -2.21. The van der Waals surface area contributed by atoms with E-state index in [-0.39, 0.29) is 5.56 Å². The fourth-order valence-corrected chi connectivity index (χ4v) is 3.04. The molecule has 0 saturated heterocycles. The van der Waals surface area contributed by atoms with Gasteiger partial charge in [0.25, 0.3) is 5.91 Å². The van der Waals surface area contributed by atoms with Crippen molar-refractivity contribution >= 4 is 34.2 Å². The average molecular weight is 422 g/mol. The molecule has 0 unspecified atom stereocenters. The third-order valence-corrected chi connectivity index (χ3v) is 4.58. The first-order valence-corrected chi connectivity index (χ1v) is 9.37. The molecule has 0 saturated carbocycles. The topological polar surface area (TPSA) is 77.8 Å². The normalized spacial score (nSPS) is 10.6. The standard InChI is InChI=1S/C23H16ClNO5/c1-28-17-9-7-14-11-18(23(27)30-21(14)13-17)22(26)25-19-12-15(24)8-10-20(19)29-16-5-3-2-4-6-16/h2-13H,1H3,(H,25,26). The Morgan fingerprint density at radius 1 is 0.967 bits per heavy atom. The number of amides is 1. The molecule has 30 heavy (non-hydrogen) atoms. The Hall–Kier alpha value is -3.77. The van der Waals surface area contributed by atoms with Gasteiger partial charge in [-0.1, -0.05) is 29.8 Å². The summed E-state index contributed by atoms with van der Waals surface area (Å²) in [5.74, 6) is 0.884. The Morgan fingerprint density at radius 2 is 1.77 bits per heavy atom. The van der Waals surface area contributed by atoms with Gasteiger partial charge in [0.15, 0.2) is 5.75 Å². The SMILES string of the molecule is COc1ccc2cc(C(=O)Nc3cc(Cl)ccc3Oc3ccccc3)c(=O)oc2c1. The van der Waals surface area contributed by atoms with Crippen LogP contribution in [0.15, 0.2) is 82.0 Å². The molecule has 0 radical (unpaired) electrons. The smallest absolute Gasteiger partial charge is 0.349 e. The van der Waals surface area contributed by atoms with Crippen molar-refractivity contribution in [3.63, 3.8) is 0 Å². The van der Waals surface area contributed by atoms with Crippen LogP contribution < -0.4 is 20.4 Å². The second-order valence-electron chi connectivity index (χ2n) is 6.36. The van der Waals surface area contributed by atoms with E-state index in [0.717, 1.165) is 0 Å². The van der Waals surface area contributed by atoms with Crippen molar-refractivity contribution in [1.82, 2.24) is 0 Å². The summed E-state index contributed by atoms with van der Waals surface area (Å²) in [5.41, 5.74) is -0.253. The Kier molecular flexibility index (Phi) is 5.41. The summed E-state index contributed by atoms with van der Waals surface area (Å²) in [7, 11) is 1.52. The summed E-state index contributed by atoms with van der Waals surface area (Å²) in [6.45, 7) is 0. The highest BCUT2D eigenvalue weighted by molar-refractivity contribution is 6.31. The quantitative estimate of drug-likeness (QED) is 0.430. The Morgan fingerprint density at radius 3 is 2.53 bits per heavy atom. The highest BCUT2D eigenvalue weighted by Crippen LogP contribution is 2.32. The fourth-order valence-electron chi connectivity index (χ4n) is 2.87. The van der Waals surface area contributed by atoms with E-state index in [4.69, 9.17) is 25.5 Å². The number of fused-ring (bicyclic) bond motifs is 1. The summed E-state index contributed by atoms with van der Waals surface area (Å²) in [6, 6.07) is 20.4. The molecule has 150 valence electrons. The highest BCUT2D eigenvalue weighted by atomic mass is 35.5. The number of carbonyl (C=O) groups is 1. The van der Waals surface area contributed by atoms with E-state index >= 15 is 0 Å². The first-order chi connectivity index (χ1) is 14.5. The van der Waals surface area contributed by atoms with Crippen LogP contribution in [0.4, 0.5) is 5.69 Å². The minimum atomic E-state index is -0.763. The van der Waals surface area contributed by atoms with Gasteiger partial charge in [-0.05, 0) is 48.5 Å². The predicted molar refractivity (Wildman–Crippen MR) is 115 cm³/mol. The zero-order chi connectivity index (χ0) is 21.1. The average Bonchev–Trinajstić information content (AvgIpc) is 2.75. The summed E-state index contributed by atoms with van der Waals surface area (Å²) < 4.78 is 16.3. The molecule has 1 heterocycles. The Bertz CT molecular complexity index is 1280. The molecule has 0 fully saturated rings. The van der Waals surface area contributed by atoms with E-state index in [1.165, 1.54) is 13.2 Å². The number of hydrogen-bond donors (Lipinski definition) is 1. The van der Waals surface area contributed by atoms with Crippen LogP contribution in [-0.4, -0.2) is 13.0 Å². The van der Waals surface area contributed by atoms with Gasteiger partial charge in [-0.3, -0.25) is 4.79 Å². The molecule has 4 rings (SSSR count). The van der Waals surface area contributed by atoms with Gasteiger partial charge >= 0.3 is 5.63 Å². The second kappa shape index (κ2) is 8.31. The van der Waals surface area contributed by atoms with Crippen LogP contribution in [-0.2, 0) is 0 Å². The molecule has 1 aromatic heterocycles. The molecule has 0 aliphatic heterocycles. The fraction of sp³-hybridized carbons (Fsp3) is 0.0435. The van der Waals surface area contributed by atoms with Crippen molar-refractivity contribution < 1.29 is 18.7 Å². The Labute approximate surface area is 176 Å². The number of benzene rings is 3. The monoisotopic (exact) mass is 421 g/mol. The molecular weight excluding hydrogens is 406 g/mol. The minimum Gasteiger partial charge on any atom is -0.497 e. The molecule has 0 bridgehead atoms. The molecule has 0 atom stereocenters. The van der Waals surface area contributed by atoms with Crippen molar-refractivity contribution in [2.75, 3.05) is 12.4 Å². The first kappa shape index (κ1) is 19.5. The number of methoxy groups -OCH3 is 1. The van der Waals surface area contributed by atoms with Crippen LogP contribution in [0.1, 0.15) is 10.4 Å². The van der Waals surface area contributed by atoms with Gasteiger partial charge in [-0.25, -0.2) is 4.79 Å². The van der Waals surface area contributed by atoms with Gasteiger partial charge in [0.2, 0.25) is 0 Å². The van der Waals surface area contributed by atoms with Gasteiger partial charge in [-0.15, -0.1) is 0 Å². The molecule has 3 aromatic carbocycles. The lowest BCUT2D eigenvalue weighted by atomic mass is 10.1. The lowest BCUT2D eigenvalue weighted by Gasteiger charge is -2.13. The first-order valence-electron chi connectivity index (χ1n) is 8.99. The van der Waals surface area contributed by atoms with Gasteiger partial charge in [0, 0.05) is 16.5 Å². The Balaban J connectivity index is 1.66. The van der Waals surface area contributed by atoms with E-state index in [1.54, 1.807) is 48.5 Å². The van der Waals surface area contributed by atoms with E-state index < -0.39 is 11.5 Å². The van der Waals surface area contributed by atoms with E-state index in [0.29, 0.717) is 38.9 Å². The lowest BCUT2D eigenvalue weighted by molar-refractivity contribution is 0.102. The maximum absolute atomic E-state index is 12.8. The van der Waals surface area contributed by atoms with Gasteiger partial charge in [0.1, 0.15) is 22.6 Å². The van der Waals surface area contributed by atoms with Crippen LogP contribution >= 0.6 is 11.6 Å². The number of carbonyl (C=O) groups excluding carboxylic acids is 1. The molecule has 0 spiro atoms. The number of anilines is 1. The number of nitrogens with one attached hydrogen (secondary N) is 1. The predicted octanol–water partition coefficient (Wildman–Crippen LogP) is 5.50. The molecule has 1 amide bonds. The summed E-state index contributed by atoms with van der Waals surface area (Å²) in [5, 5.41) is 3.68. The van der Waals surface area contributed by atoms with Gasteiger partial charge in [0.05, 0.1) is 12.8 Å². The number of ether oxygens (including phenoxy) is 2. The maximum Gasteiger partial charge on any atom is 0.349 e. The number of para-hydroxylation sites is 1. The van der Waals surface area contributed by atoms with Crippen LogP contribution in [0.3, 0.4) is 0 Å². The highest BCUT2D eigenvalue weighted by Gasteiger charge is 2.17. The number of rotatable bonds is 5. The van der Waals surface area contributed by atoms with Crippen molar-refractivity contribution in [1.29, 1.82) is 0 Å². The molecule has 0 aliphatic carbocycles. The number of halogens is 1. The summed E-state index contributed by atoms with van der Waals surface area (Å²) in [4.78, 5) is 25.2. The van der Waals surface area contributed by atoms with Crippen molar-refractivity contribution in [2.24, 2.45) is 0 Å². The van der Waals surface area contributed by atoms with Crippen molar-refractivity contribution in [3.8, 4) is 17.2 Å². The van der Waals surface area contributed by atoms with Crippen LogP contribution in [0.2, 0.25) is 5.02 Å². The van der Waals surface area contributed by atoms with E-state index in [1.807, 2.05) is 18.2 Å². The van der Waals surface area contributed by atoms with Crippen LogP contribution in [0.25, 0.3) is 11.0 Å². The molecular formula is C23H16ClNO5. The zero-order valence-electron chi connectivity index (χ0n) is 15.8. The largest absolute Gasteiger partial charge is 0.497 e. The maximum atomic E-state index is 12.8. The van der Waals surface area contributed by atoms with Gasteiger partial charge < -0.3 is 19.2 Å². The number of hydrogen-bond acceptors (Lipinski definition) is 5.